The van der Waals surface area contributed by atoms with Gasteiger partial charge in [0.2, 0.25) is 13.6 Å². The Hall–Kier alpha value is -4.99. The summed E-state index contributed by atoms with van der Waals surface area (Å²) in [6, 6.07) is 8.25. The van der Waals surface area contributed by atoms with E-state index in [9.17, 15) is 43.2 Å². The van der Waals surface area contributed by atoms with Gasteiger partial charge in [0, 0.05) is 19.2 Å². The molecule has 1 aliphatic rings. The van der Waals surface area contributed by atoms with Crippen molar-refractivity contribution >= 4 is 37.8 Å². The minimum Gasteiger partial charge on any atom is -0.456 e. The van der Waals surface area contributed by atoms with E-state index in [0.29, 0.717) is 14.7 Å². The summed E-state index contributed by atoms with van der Waals surface area (Å²) in [5.74, 6) is -5.50. The van der Waals surface area contributed by atoms with Gasteiger partial charge in [-0.2, -0.15) is 0 Å². The van der Waals surface area contributed by atoms with Gasteiger partial charge in [-0.3, -0.25) is 28.3 Å². The van der Waals surface area contributed by atoms with Crippen LogP contribution in [0.1, 0.15) is 67.2 Å². The second-order valence-corrected chi connectivity index (χ2v) is 16.3. The molecule has 0 unspecified atom stereocenters. The van der Waals surface area contributed by atoms with Crippen LogP contribution >= 0.6 is 7.82 Å². The Kier molecular flexibility index (Phi) is 17.7. The van der Waals surface area contributed by atoms with Crippen LogP contribution in [0.25, 0.3) is 0 Å². The zero-order chi connectivity index (χ0) is 45.0. The standard InChI is InChI=1S/C37H51FN3O18P/c1-22(2)28(39-34(47)51-16-26-12-10-9-11-13-26)31(46)52-19-41-27(43)14-15-40(35(41)48)33-36(8,49)32(58-25(7)42)37(17-38,59-33)18-55-60(50,56-20-53-29(44)23(3)4)57-21-54-30(45)24(5)6/h9-15,22-24,28,32-33,49H,16-21H2,1-8H3,(H,39,47)/t28-,32-,33+,36+,37+/m0/s1. The zero-order valence-corrected chi connectivity index (χ0v) is 35.2. The molecule has 1 amide bonds. The SMILES string of the molecule is CC(=O)O[C@@H]1[C@@](CF)(COP(=O)(OCOC(=O)C(C)C)OCOC(=O)C(C)C)O[C@@H](n2ccc(=O)n(COC(=O)[C@@H](NC(=O)OCc3ccccc3)C(C)C)c2=O)[C@]1(C)O. The third-order valence-electron chi connectivity index (χ3n) is 8.69. The van der Waals surface area contributed by atoms with Gasteiger partial charge in [-0.25, -0.2) is 37.0 Å². The summed E-state index contributed by atoms with van der Waals surface area (Å²) in [7, 11) is -5.00. The number of aliphatic hydroxyl groups is 1. The van der Waals surface area contributed by atoms with Crippen LogP contribution in [0.5, 0.6) is 0 Å². The molecule has 3 rings (SSSR count). The summed E-state index contributed by atoms with van der Waals surface area (Å²) in [5.41, 5.74) is -6.74. The molecule has 0 spiro atoms. The Bertz CT molecular complexity index is 1960. The highest BCUT2D eigenvalue weighted by atomic mass is 31.2. The fourth-order valence-electron chi connectivity index (χ4n) is 5.41. The van der Waals surface area contributed by atoms with Gasteiger partial charge < -0.3 is 38.8 Å². The second-order valence-electron chi connectivity index (χ2n) is 14.6. The maximum Gasteiger partial charge on any atom is 0.480 e. The van der Waals surface area contributed by atoms with Crippen LogP contribution in [0.2, 0.25) is 0 Å². The number of esters is 4. The van der Waals surface area contributed by atoms with Crippen LogP contribution in [0.4, 0.5) is 9.18 Å². The molecule has 0 saturated carbocycles. The van der Waals surface area contributed by atoms with E-state index < -0.39 is 130 Å². The number of hydrogen-bond acceptors (Lipinski definition) is 18. The molecule has 0 bridgehead atoms. The Labute approximate surface area is 343 Å². The number of phosphoric ester groups is 1. The summed E-state index contributed by atoms with van der Waals surface area (Å²) >= 11 is 0. The van der Waals surface area contributed by atoms with Gasteiger partial charge in [0.25, 0.3) is 5.56 Å². The van der Waals surface area contributed by atoms with E-state index in [0.717, 1.165) is 26.1 Å². The van der Waals surface area contributed by atoms with E-state index in [1.807, 2.05) is 0 Å². The van der Waals surface area contributed by atoms with Crippen molar-refractivity contribution in [1.82, 2.24) is 14.5 Å². The number of carbonyl (C=O) groups is 5. The van der Waals surface area contributed by atoms with Crippen molar-refractivity contribution in [2.24, 2.45) is 17.8 Å². The van der Waals surface area contributed by atoms with Gasteiger partial charge in [0.15, 0.2) is 24.7 Å². The van der Waals surface area contributed by atoms with Gasteiger partial charge >= 0.3 is 43.5 Å². The molecule has 21 nitrogen and oxygen atoms in total. The lowest BCUT2D eigenvalue weighted by atomic mass is 9.88. The lowest BCUT2D eigenvalue weighted by Gasteiger charge is -2.34. The number of nitrogens with one attached hydrogen (secondary N) is 1. The normalized spacial score (nSPS) is 20.8. The lowest BCUT2D eigenvalue weighted by Crippen LogP contribution is -2.55. The first-order valence-electron chi connectivity index (χ1n) is 18.5. The highest BCUT2D eigenvalue weighted by Gasteiger charge is 2.65. The van der Waals surface area contributed by atoms with Crippen molar-refractivity contribution in [2.45, 2.75) is 98.3 Å². The first-order valence-corrected chi connectivity index (χ1v) is 20.0. The molecule has 2 aromatic rings. The Morgan fingerprint density at radius 1 is 0.883 bits per heavy atom. The lowest BCUT2D eigenvalue weighted by molar-refractivity contribution is -0.174. The number of benzene rings is 1. The molecular formula is C37H51FN3O18P. The van der Waals surface area contributed by atoms with E-state index in [1.54, 1.807) is 44.2 Å². The molecule has 1 aromatic heterocycles. The van der Waals surface area contributed by atoms with E-state index in [4.69, 9.17) is 42.0 Å². The molecule has 60 heavy (non-hydrogen) atoms. The van der Waals surface area contributed by atoms with Crippen LogP contribution in [-0.2, 0) is 79.1 Å². The molecular weight excluding hydrogens is 824 g/mol. The number of ether oxygens (including phenoxy) is 6. The average Bonchev–Trinajstić information content (AvgIpc) is 3.40. The first-order chi connectivity index (χ1) is 28.1. The number of alkyl carbamates (subject to hydrolysis) is 1. The van der Waals surface area contributed by atoms with Gasteiger partial charge in [0.1, 0.15) is 24.9 Å². The number of hydrogen-bond donors (Lipinski definition) is 2. The predicted octanol–water partition coefficient (Wildman–Crippen LogP) is 2.85. The fourth-order valence-corrected chi connectivity index (χ4v) is 6.38. The van der Waals surface area contributed by atoms with Gasteiger partial charge in [-0.1, -0.05) is 71.9 Å². The molecule has 0 aliphatic carbocycles. The van der Waals surface area contributed by atoms with E-state index >= 15 is 4.39 Å². The summed E-state index contributed by atoms with van der Waals surface area (Å²) in [6.45, 7) is 5.07. The second kappa shape index (κ2) is 21.5. The quantitative estimate of drug-likeness (QED) is 0.0790. The molecule has 2 N–H and O–H groups in total. The van der Waals surface area contributed by atoms with Crippen LogP contribution in [0, 0.1) is 17.8 Å². The average molecular weight is 876 g/mol. The van der Waals surface area contributed by atoms with Crippen molar-refractivity contribution in [3.63, 3.8) is 0 Å². The number of rotatable bonds is 21. The fraction of sp³-hybridized carbons (Fsp3) is 0.595. The highest BCUT2D eigenvalue weighted by molar-refractivity contribution is 7.48. The summed E-state index contributed by atoms with van der Waals surface area (Å²) < 4.78 is 76.9. The number of amides is 1. The number of alkyl halides is 1. The minimum atomic E-state index is -5.00. The van der Waals surface area contributed by atoms with Crippen molar-refractivity contribution in [2.75, 3.05) is 26.9 Å². The Morgan fingerprint density at radius 2 is 1.47 bits per heavy atom. The molecule has 23 heteroatoms. The van der Waals surface area contributed by atoms with E-state index in [1.165, 1.54) is 27.7 Å². The van der Waals surface area contributed by atoms with Crippen molar-refractivity contribution in [3.05, 3.63) is 69.0 Å². The topological polar surface area (TPSA) is 262 Å². The van der Waals surface area contributed by atoms with Crippen LogP contribution in [0.3, 0.4) is 0 Å². The van der Waals surface area contributed by atoms with Crippen molar-refractivity contribution in [3.8, 4) is 0 Å². The summed E-state index contributed by atoms with van der Waals surface area (Å²) in [6.07, 6.45) is -4.13. The number of nitrogens with zero attached hydrogens (tertiary/aromatic N) is 2. The summed E-state index contributed by atoms with van der Waals surface area (Å²) in [5, 5.41) is 14.2. The van der Waals surface area contributed by atoms with Crippen LogP contribution < -0.4 is 16.6 Å². The Balaban J connectivity index is 1.89. The predicted molar refractivity (Wildman–Crippen MR) is 202 cm³/mol. The highest BCUT2D eigenvalue weighted by Crippen LogP contribution is 2.53. The maximum atomic E-state index is 15.3. The minimum absolute atomic E-state index is 0.0986. The number of phosphoric acid groups is 1. The monoisotopic (exact) mass is 875 g/mol. The molecule has 5 atom stereocenters. The molecule has 1 aromatic carbocycles. The largest absolute Gasteiger partial charge is 0.480 e. The number of aromatic nitrogens is 2. The zero-order valence-electron chi connectivity index (χ0n) is 34.4. The van der Waals surface area contributed by atoms with Gasteiger partial charge in [-0.15, -0.1) is 0 Å². The van der Waals surface area contributed by atoms with Crippen LogP contribution in [0.15, 0.2) is 52.2 Å². The molecule has 1 saturated heterocycles. The smallest absolute Gasteiger partial charge is 0.456 e. The number of halogens is 1. The van der Waals surface area contributed by atoms with Gasteiger partial charge in [-0.05, 0) is 18.4 Å². The number of carbonyl (C=O) groups excluding carboxylic acids is 5. The summed E-state index contributed by atoms with van der Waals surface area (Å²) in [4.78, 5) is 88.6. The van der Waals surface area contributed by atoms with E-state index in [2.05, 4.69) is 5.32 Å². The van der Waals surface area contributed by atoms with Crippen molar-refractivity contribution in [1.29, 1.82) is 0 Å². The molecule has 1 aliphatic heterocycles. The molecule has 1 fully saturated rings. The third-order valence-corrected chi connectivity index (χ3v) is 9.98. The molecule has 2 heterocycles. The van der Waals surface area contributed by atoms with Gasteiger partial charge in [0.05, 0.1) is 18.4 Å². The maximum absolute atomic E-state index is 15.3. The molecule has 0 radical (unpaired) electrons. The van der Waals surface area contributed by atoms with Crippen molar-refractivity contribution < 1.29 is 80.0 Å². The Morgan fingerprint density at radius 3 is 1.98 bits per heavy atom. The molecule has 334 valence electrons. The van der Waals surface area contributed by atoms with Crippen LogP contribution in [-0.4, -0.2) is 94.4 Å². The first kappa shape index (κ1) is 49.4. The third kappa shape index (κ3) is 13.0. The van der Waals surface area contributed by atoms with E-state index in [-0.39, 0.29) is 6.61 Å².